The molecule has 1 heterocycles. The maximum absolute atomic E-state index is 4.69. The Kier molecular flexibility index (Phi) is 5.23. The monoisotopic (exact) mass is 263 g/mol. The molecule has 0 saturated carbocycles. The first-order valence-electron chi connectivity index (χ1n) is 6.06. The van der Waals surface area contributed by atoms with E-state index in [4.69, 9.17) is 4.52 Å². The van der Waals surface area contributed by atoms with Gasteiger partial charge < -0.3 is 9.84 Å². The summed E-state index contributed by atoms with van der Waals surface area (Å²) < 4.78 is 4.69. The van der Waals surface area contributed by atoms with E-state index in [1.807, 2.05) is 0 Å². The molecule has 0 radical (unpaired) electrons. The fourth-order valence-electron chi connectivity index (χ4n) is 1.52. The summed E-state index contributed by atoms with van der Waals surface area (Å²) >= 11 is 1.71. The van der Waals surface area contributed by atoms with Gasteiger partial charge in [-0.1, -0.05) is 24.2 Å². The van der Waals surface area contributed by atoms with Crippen LogP contribution in [-0.2, 0) is 12.3 Å². The maximum atomic E-state index is 4.69. The van der Waals surface area contributed by atoms with Crippen molar-refractivity contribution < 1.29 is 4.52 Å². The molecule has 2 aromatic rings. The molecule has 0 aliphatic heterocycles. The molecule has 18 heavy (non-hydrogen) atoms. The lowest BCUT2D eigenvalue weighted by molar-refractivity contribution is 0.412. The SMILES string of the molecule is CCCNCc1ccc(SCc2ncon2)cc1. The molecule has 2 rings (SSSR count). The maximum Gasteiger partial charge on any atom is 0.213 e. The molecule has 0 aliphatic rings. The topological polar surface area (TPSA) is 51.0 Å². The summed E-state index contributed by atoms with van der Waals surface area (Å²) in [6, 6.07) is 8.57. The fourth-order valence-corrected chi connectivity index (χ4v) is 2.27. The lowest BCUT2D eigenvalue weighted by Crippen LogP contribution is -2.13. The zero-order valence-corrected chi connectivity index (χ0v) is 11.2. The summed E-state index contributed by atoms with van der Waals surface area (Å²) in [7, 11) is 0. The van der Waals surface area contributed by atoms with Gasteiger partial charge in [0, 0.05) is 11.4 Å². The van der Waals surface area contributed by atoms with Crippen molar-refractivity contribution in [3.8, 4) is 0 Å². The van der Waals surface area contributed by atoms with E-state index in [0.717, 1.165) is 24.7 Å². The van der Waals surface area contributed by atoms with Crippen LogP contribution in [0.25, 0.3) is 0 Å². The van der Waals surface area contributed by atoms with E-state index >= 15 is 0 Å². The third-order valence-electron chi connectivity index (χ3n) is 2.45. The van der Waals surface area contributed by atoms with E-state index in [0.29, 0.717) is 0 Å². The zero-order valence-electron chi connectivity index (χ0n) is 10.4. The fraction of sp³-hybridized carbons (Fsp3) is 0.385. The van der Waals surface area contributed by atoms with Crippen LogP contribution in [0.5, 0.6) is 0 Å². The predicted octanol–water partition coefficient (Wildman–Crippen LogP) is 2.86. The van der Waals surface area contributed by atoms with Crippen molar-refractivity contribution in [3.63, 3.8) is 0 Å². The first kappa shape index (κ1) is 13.1. The highest BCUT2D eigenvalue weighted by Gasteiger charge is 2.00. The van der Waals surface area contributed by atoms with E-state index in [-0.39, 0.29) is 0 Å². The summed E-state index contributed by atoms with van der Waals surface area (Å²) in [5.74, 6) is 1.47. The Morgan fingerprint density at radius 2 is 2.11 bits per heavy atom. The Morgan fingerprint density at radius 1 is 1.28 bits per heavy atom. The molecule has 0 atom stereocenters. The van der Waals surface area contributed by atoms with Crippen LogP contribution >= 0.6 is 11.8 Å². The van der Waals surface area contributed by atoms with Crippen LogP contribution in [0, 0.1) is 0 Å². The lowest BCUT2D eigenvalue weighted by Gasteiger charge is -2.04. The van der Waals surface area contributed by atoms with Gasteiger partial charge in [-0.05, 0) is 30.7 Å². The number of hydrogen-bond acceptors (Lipinski definition) is 5. The lowest BCUT2D eigenvalue weighted by atomic mass is 10.2. The summed E-state index contributed by atoms with van der Waals surface area (Å²) in [6.45, 7) is 4.17. The predicted molar refractivity (Wildman–Crippen MR) is 72.3 cm³/mol. The van der Waals surface area contributed by atoms with Crippen LogP contribution in [0.3, 0.4) is 0 Å². The molecule has 0 spiro atoms. The Balaban J connectivity index is 1.80. The first-order valence-corrected chi connectivity index (χ1v) is 7.04. The van der Waals surface area contributed by atoms with Crippen molar-refractivity contribution in [2.75, 3.05) is 6.54 Å². The summed E-state index contributed by atoms with van der Waals surface area (Å²) in [4.78, 5) is 5.21. The van der Waals surface area contributed by atoms with Crippen LogP contribution in [0.1, 0.15) is 24.7 Å². The Labute approximate surface area is 111 Å². The van der Waals surface area contributed by atoms with Gasteiger partial charge in [-0.2, -0.15) is 4.98 Å². The number of hydrogen-bond donors (Lipinski definition) is 1. The molecule has 1 aromatic carbocycles. The van der Waals surface area contributed by atoms with Crippen LogP contribution in [0.4, 0.5) is 0 Å². The first-order chi connectivity index (χ1) is 8.88. The standard InChI is InChI=1S/C13H17N3OS/c1-2-7-14-8-11-3-5-12(6-4-11)18-9-13-15-10-17-16-13/h3-6,10,14H,2,7-9H2,1H3. The molecule has 0 amide bonds. The molecule has 0 unspecified atom stereocenters. The van der Waals surface area contributed by atoms with Gasteiger partial charge in [0.05, 0.1) is 5.75 Å². The second-order valence-corrected chi connectivity index (χ2v) is 5.01. The second kappa shape index (κ2) is 7.18. The molecule has 0 fully saturated rings. The van der Waals surface area contributed by atoms with E-state index in [9.17, 15) is 0 Å². The van der Waals surface area contributed by atoms with E-state index in [1.165, 1.54) is 23.3 Å². The van der Waals surface area contributed by atoms with Gasteiger partial charge in [-0.25, -0.2) is 0 Å². The van der Waals surface area contributed by atoms with Crippen LogP contribution in [0.2, 0.25) is 0 Å². The normalized spacial score (nSPS) is 10.7. The minimum atomic E-state index is 0.730. The molecular formula is C13H17N3OS. The molecule has 96 valence electrons. The van der Waals surface area contributed by atoms with Crippen LogP contribution in [0.15, 0.2) is 40.1 Å². The summed E-state index contributed by atoms with van der Waals surface area (Å²) in [6.07, 6.45) is 2.52. The highest BCUT2D eigenvalue weighted by Crippen LogP contribution is 2.21. The van der Waals surface area contributed by atoms with Gasteiger partial charge in [0.1, 0.15) is 0 Å². The van der Waals surface area contributed by atoms with Crippen molar-refractivity contribution in [2.24, 2.45) is 0 Å². The Bertz CT molecular complexity index is 442. The van der Waals surface area contributed by atoms with Gasteiger partial charge in [-0.15, -0.1) is 11.8 Å². The third kappa shape index (κ3) is 4.16. The minimum Gasteiger partial charge on any atom is -0.343 e. The van der Waals surface area contributed by atoms with Gasteiger partial charge in [-0.3, -0.25) is 0 Å². The highest BCUT2D eigenvalue weighted by atomic mass is 32.2. The smallest absolute Gasteiger partial charge is 0.213 e. The number of thioether (sulfide) groups is 1. The van der Waals surface area contributed by atoms with Gasteiger partial charge in [0.25, 0.3) is 0 Å². The Morgan fingerprint density at radius 3 is 2.78 bits per heavy atom. The zero-order chi connectivity index (χ0) is 12.6. The average molecular weight is 263 g/mol. The van der Waals surface area contributed by atoms with Crippen molar-refractivity contribution in [2.45, 2.75) is 30.5 Å². The second-order valence-electron chi connectivity index (χ2n) is 3.96. The van der Waals surface area contributed by atoms with Gasteiger partial charge in [0.15, 0.2) is 5.82 Å². The third-order valence-corrected chi connectivity index (χ3v) is 3.46. The number of nitrogens with zero attached hydrogens (tertiary/aromatic N) is 2. The van der Waals surface area contributed by atoms with E-state index < -0.39 is 0 Å². The molecule has 0 aliphatic carbocycles. The quantitative estimate of drug-likeness (QED) is 0.615. The molecule has 4 nitrogen and oxygen atoms in total. The van der Waals surface area contributed by atoms with Crippen molar-refractivity contribution >= 4 is 11.8 Å². The minimum absolute atomic E-state index is 0.730. The molecule has 1 N–H and O–H groups in total. The number of aromatic nitrogens is 2. The molecule has 1 aromatic heterocycles. The largest absolute Gasteiger partial charge is 0.343 e. The van der Waals surface area contributed by atoms with E-state index in [2.05, 4.69) is 46.6 Å². The van der Waals surface area contributed by atoms with Crippen molar-refractivity contribution in [3.05, 3.63) is 42.0 Å². The highest BCUT2D eigenvalue weighted by molar-refractivity contribution is 7.98. The molecular weight excluding hydrogens is 246 g/mol. The average Bonchev–Trinajstić information content (AvgIpc) is 2.91. The number of rotatable bonds is 7. The summed E-state index contributed by atoms with van der Waals surface area (Å²) in [5, 5.41) is 7.17. The van der Waals surface area contributed by atoms with Crippen LogP contribution < -0.4 is 5.32 Å². The van der Waals surface area contributed by atoms with Gasteiger partial charge in [0.2, 0.25) is 6.39 Å². The van der Waals surface area contributed by atoms with Gasteiger partial charge >= 0.3 is 0 Å². The molecule has 0 bridgehead atoms. The van der Waals surface area contributed by atoms with Crippen LogP contribution in [-0.4, -0.2) is 16.7 Å². The van der Waals surface area contributed by atoms with Crippen molar-refractivity contribution in [1.82, 2.24) is 15.5 Å². The number of benzene rings is 1. The summed E-state index contributed by atoms with van der Waals surface area (Å²) in [5.41, 5.74) is 1.31. The number of nitrogens with one attached hydrogen (secondary N) is 1. The molecule has 5 heteroatoms. The van der Waals surface area contributed by atoms with Crippen molar-refractivity contribution in [1.29, 1.82) is 0 Å². The molecule has 0 saturated heterocycles. The van der Waals surface area contributed by atoms with E-state index in [1.54, 1.807) is 11.8 Å². The Hall–Kier alpha value is -1.33.